The standard InChI is InChI=1S/C23H23F2NO/c1-17-5-9-19(21(24)15-17)10-6-18-7-11-20(12-8-18)22(27)26-16-23(25)13-3-2-4-14-23/h5,7-9,11-12,15H,2-4,13-14,16H2,1H3,(H,26,27). The largest absolute Gasteiger partial charge is 0.349 e. The smallest absolute Gasteiger partial charge is 0.251 e. The summed E-state index contributed by atoms with van der Waals surface area (Å²) in [7, 11) is 0. The molecule has 0 aliphatic heterocycles. The summed E-state index contributed by atoms with van der Waals surface area (Å²) in [6.45, 7) is 1.88. The molecule has 2 nitrogen and oxygen atoms in total. The Kier molecular flexibility index (Phi) is 5.91. The molecule has 3 rings (SSSR count). The van der Waals surface area contributed by atoms with Crippen molar-refractivity contribution in [3.05, 3.63) is 70.5 Å². The molecule has 0 bridgehead atoms. The predicted octanol–water partition coefficient (Wildman–Crippen LogP) is 4.94. The minimum absolute atomic E-state index is 0.0556. The second kappa shape index (κ2) is 8.35. The summed E-state index contributed by atoms with van der Waals surface area (Å²) >= 11 is 0. The van der Waals surface area contributed by atoms with Crippen LogP contribution in [0.15, 0.2) is 42.5 Å². The molecule has 1 amide bonds. The van der Waals surface area contributed by atoms with Crippen molar-refractivity contribution in [3.63, 3.8) is 0 Å². The molecule has 1 aliphatic carbocycles. The number of carbonyl (C=O) groups excluding carboxylic acids is 1. The first-order chi connectivity index (χ1) is 13.0. The van der Waals surface area contributed by atoms with E-state index in [0.717, 1.165) is 24.8 Å². The van der Waals surface area contributed by atoms with E-state index in [-0.39, 0.29) is 18.3 Å². The van der Waals surface area contributed by atoms with E-state index < -0.39 is 5.67 Å². The van der Waals surface area contributed by atoms with Crippen molar-refractivity contribution in [3.8, 4) is 11.8 Å². The summed E-state index contributed by atoms with van der Waals surface area (Å²) < 4.78 is 28.4. The Morgan fingerprint density at radius 2 is 1.78 bits per heavy atom. The predicted molar refractivity (Wildman–Crippen MR) is 103 cm³/mol. The molecule has 1 fully saturated rings. The number of rotatable bonds is 3. The van der Waals surface area contributed by atoms with Crippen LogP contribution in [0.25, 0.3) is 0 Å². The third-order valence-electron chi connectivity index (χ3n) is 4.93. The summed E-state index contributed by atoms with van der Waals surface area (Å²) in [5.41, 5.74) is 1.04. The fourth-order valence-electron chi connectivity index (χ4n) is 3.27. The van der Waals surface area contributed by atoms with Gasteiger partial charge in [0.2, 0.25) is 0 Å². The van der Waals surface area contributed by atoms with Crippen molar-refractivity contribution in [1.29, 1.82) is 0 Å². The Hall–Kier alpha value is -2.67. The van der Waals surface area contributed by atoms with Crippen LogP contribution in [0.1, 0.15) is 59.2 Å². The van der Waals surface area contributed by atoms with Gasteiger partial charge in [-0.25, -0.2) is 8.78 Å². The van der Waals surface area contributed by atoms with Crippen LogP contribution in [0.2, 0.25) is 0 Å². The molecule has 1 saturated carbocycles. The first-order valence-corrected chi connectivity index (χ1v) is 9.31. The first kappa shape index (κ1) is 19.1. The van der Waals surface area contributed by atoms with E-state index in [1.54, 1.807) is 30.3 Å². The number of alkyl halides is 1. The minimum atomic E-state index is -1.28. The lowest BCUT2D eigenvalue weighted by Gasteiger charge is -2.29. The van der Waals surface area contributed by atoms with Crippen LogP contribution >= 0.6 is 0 Å². The molecule has 4 heteroatoms. The van der Waals surface area contributed by atoms with Gasteiger partial charge in [0, 0.05) is 11.1 Å². The van der Waals surface area contributed by atoms with Crippen LogP contribution in [0.4, 0.5) is 8.78 Å². The third-order valence-corrected chi connectivity index (χ3v) is 4.93. The normalized spacial score (nSPS) is 15.5. The summed E-state index contributed by atoms with van der Waals surface area (Å²) in [6.07, 6.45) is 3.84. The van der Waals surface area contributed by atoms with Gasteiger partial charge in [0.1, 0.15) is 11.5 Å². The minimum Gasteiger partial charge on any atom is -0.349 e. The zero-order valence-electron chi connectivity index (χ0n) is 15.4. The molecule has 0 atom stereocenters. The maximum absolute atomic E-state index is 14.6. The van der Waals surface area contributed by atoms with Gasteiger partial charge in [-0.3, -0.25) is 4.79 Å². The molecule has 0 unspecified atom stereocenters. The monoisotopic (exact) mass is 367 g/mol. The lowest BCUT2D eigenvalue weighted by molar-refractivity contribution is 0.0813. The number of hydrogen-bond donors (Lipinski definition) is 1. The Bertz CT molecular complexity index is 871. The molecular formula is C23H23F2NO. The summed E-state index contributed by atoms with van der Waals surface area (Å²) in [4.78, 5) is 12.2. The number of aryl methyl sites for hydroxylation is 1. The van der Waals surface area contributed by atoms with Crippen molar-refractivity contribution >= 4 is 5.91 Å². The molecule has 140 valence electrons. The molecule has 2 aromatic rings. The Balaban J connectivity index is 1.61. The highest BCUT2D eigenvalue weighted by Gasteiger charge is 2.31. The van der Waals surface area contributed by atoms with Gasteiger partial charge in [-0.1, -0.05) is 37.2 Å². The molecule has 0 spiro atoms. The van der Waals surface area contributed by atoms with Gasteiger partial charge >= 0.3 is 0 Å². The van der Waals surface area contributed by atoms with E-state index in [1.807, 2.05) is 13.0 Å². The van der Waals surface area contributed by atoms with E-state index in [1.165, 1.54) is 6.07 Å². The maximum atomic E-state index is 14.6. The molecule has 0 heterocycles. The highest BCUT2D eigenvalue weighted by atomic mass is 19.1. The average molecular weight is 367 g/mol. The zero-order chi connectivity index (χ0) is 19.3. The zero-order valence-corrected chi connectivity index (χ0v) is 15.4. The average Bonchev–Trinajstić information content (AvgIpc) is 2.66. The van der Waals surface area contributed by atoms with Crippen LogP contribution in [0.5, 0.6) is 0 Å². The van der Waals surface area contributed by atoms with Crippen molar-refractivity contribution in [1.82, 2.24) is 5.32 Å². The van der Waals surface area contributed by atoms with Crippen LogP contribution in [0, 0.1) is 24.6 Å². The molecule has 27 heavy (non-hydrogen) atoms. The maximum Gasteiger partial charge on any atom is 0.251 e. The molecule has 0 aromatic heterocycles. The van der Waals surface area contributed by atoms with Gasteiger partial charge in [-0.15, -0.1) is 0 Å². The van der Waals surface area contributed by atoms with Gasteiger partial charge in [-0.2, -0.15) is 0 Å². The molecule has 1 aliphatic rings. The number of nitrogens with one attached hydrogen (secondary N) is 1. The molecule has 0 radical (unpaired) electrons. The molecule has 2 aromatic carbocycles. The number of hydrogen-bond acceptors (Lipinski definition) is 1. The summed E-state index contributed by atoms with van der Waals surface area (Å²) in [6, 6.07) is 11.6. The fraction of sp³-hybridized carbons (Fsp3) is 0.348. The Morgan fingerprint density at radius 1 is 1.07 bits per heavy atom. The third kappa shape index (κ3) is 5.17. The van der Waals surface area contributed by atoms with E-state index >= 15 is 0 Å². The molecule has 1 N–H and O–H groups in total. The van der Waals surface area contributed by atoms with Crippen LogP contribution in [-0.4, -0.2) is 18.1 Å². The van der Waals surface area contributed by atoms with Gasteiger partial charge in [-0.05, 0) is 61.7 Å². The van der Waals surface area contributed by atoms with Gasteiger partial charge < -0.3 is 5.32 Å². The Labute approximate surface area is 159 Å². The van der Waals surface area contributed by atoms with Gasteiger partial charge in [0.15, 0.2) is 0 Å². The Morgan fingerprint density at radius 3 is 2.44 bits per heavy atom. The second-order valence-corrected chi connectivity index (χ2v) is 7.20. The topological polar surface area (TPSA) is 29.1 Å². The summed E-state index contributed by atoms with van der Waals surface area (Å²) in [5.74, 6) is 5.06. The van der Waals surface area contributed by atoms with E-state index in [4.69, 9.17) is 0 Å². The number of carbonyl (C=O) groups is 1. The van der Waals surface area contributed by atoms with E-state index in [2.05, 4.69) is 17.2 Å². The second-order valence-electron chi connectivity index (χ2n) is 7.20. The van der Waals surface area contributed by atoms with Crippen molar-refractivity contribution in [2.45, 2.75) is 44.7 Å². The van der Waals surface area contributed by atoms with E-state index in [9.17, 15) is 13.6 Å². The van der Waals surface area contributed by atoms with Crippen LogP contribution in [0.3, 0.4) is 0 Å². The van der Waals surface area contributed by atoms with Crippen LogP contribution < -0.4 is 5.32 Å². The van der Waals surface area contributed by atoms with Gasteiger partial charge in [0.05, 0.1) is 12.1 Å². The number of amides is 1. The fourth-order valence-corrected chi connectivity index (χ4v) is 3.27. The van der Waals surface area contributed by atoms with Gasteiger partial charge in [0.25, 0.3) is 5.91 Å². The lowest BCUT2D eigenvalue weighted by Crippen LogP contribution is -2.40. The number of benzene rings is 2. The SMILES string of the molecule is Cc1ccc(C#Cc2ccc(C(=O)NCC3(F)CCCCC3)cc2)c(F)c1. The van der Waals surface area contributed by atoms with Crippen molar-refractivity contribution in [2.75, 3.05) is 6.54 Å². The molecular weight excluding hydrogens is 344 g/mol. The van der Waals surface area contributed by atoms with E-state index in [0.29, 0.717) is 29.5 Å². The van der Waals surface area contributed by atoms with Crippen LogP contribution in [-0.2, 0) is 0 Å². The van der Waals surface area contributed by atoms with Crippen molar-refractivity contribution in [2.24, 2.45) is 0 Å². The summed E-state index contributed by atoms with van der Waals surface area (Å²) in [5, 5.41) is 2.70. The quantitative estimate of drug-likeness (QED) is 0.765. The number of halogens is 2. The highest BCUT2D eigenvalue weighted by Crippen LogP contribution is 2.31. The molecule has 0 saturated heterocycles. The highest BCUT2D eigenvalue weighted by molar-refractivity contribution is 5.94. The lowest BCUT2D eigenvalue weighted by atomic mass is 9.86. The first-order valence-electron chi connectivity index (χ1n) is 9.31. The van der Waals surface area contributed by atoms with Crippen molar-refractivity contribution < 1.29 is 13.6 Å².